The monoisotopic (exact) mass is 1300 g/mol. The first-order chi connectivity index (χ1) is 33.7. The van der Waals surface area contributed by atoms with Gasteiger partial charge in [-0.15, -0.1) is 59.2 Å². The summed E-state index contributed by atoms with van der Waals surface area (Å²) in [6.45, 7) is 13.4. The van der Waals surface area contributed by atoms with Gasteiger partial charge in [-0.3, -0.25) is 4.68 Å². The van der Waals surface area contributed by atoms with Crippen molar-refractivity contribution in [1.29, 1.82) is 0 Å². The van der Waals surface area contributed by atoms with E-state index in [2.05, 4.69) is 246 Å². The summed E-state index contributed by atoms with van der Waals surface area (Å²) in [6, 6.07) is 61.3. The fraction of sp³-hybridized carbons (Fsp3) is 0.222. The molecule has 0 spiro atoms. The van der Waals surface area contributed by atoms with Crippen molar-refractivity contribution in [2.24, 2.45) is 0 Å². The molecule has 3 aromatic heterocycles. The van der Waals surface area contributed by atoms with E-state index in [-0.39, 0.29) is 48.7 Å². The van der Waals surface area contributed by atoms with Crippen LogP contribution in [-0.4, -0.2) is 19.7 Å². The minimum absolute atomic E-state index is 0. The van der Waals surface area contributed by atoms with Gasteiger partial charge in [-0.1, -0.05) is 215 Å². The molecule has 0 bridgehead atoms. The minimum Gasteiger partial charge on any atom is -0.305 e. The van der Waals surface area contributed by atoms with E-state index < -0.39 is 0 Å². The van der Waals surface area contributed by atoms with E-state index in [0.29, 0.717) is 0 Å². The van der Waals surface area contributed by atoms with Crippen molar-refractivity contribution in [3.05, 3.63) is 224 Å². The third-order valence-electron chi connectivity index (χ3n) is 14.0. The van der Waals surface area contributed by atoms with Crippen LogP contribution in [0.3, 0.4) is 0 Å². The summed E-state index contributed by atoms with van der Waals surface area (Å²) in [7, 11) is 0. The zero-order chi connectivity index (χ0) is 48.7. The van der Waals surface area contributed by atoms with E-state index in [1.807, 2.05) is 29.3 Å². The molecule has 1 aliphatic carbocycles. The number of pyridine rings is 2. The Morgan fingerprint density at radius 1 is 0.465 bits per heavy atom. The maximum absolute atomic E-state index is 4.78. The average Bonchev–Trinajstić information content (AvgIpc) is 3.92. The van der Waals surface area contributed by atoms with Crippen molar-refractivity contribution in [3.8, 4) is 61.6 Å². The second-order valence-corrected chi connectivity index (χ2v) is 23.2. The van der Waals surface area contributed by atoms with Gasteiger partial charge in [0.2, 0.25) is 0 Å². The van der Waals surface area contributed by atoms with Crippen molar-refractivity contribution in [2.45, 2.75) is 89.4 Å². The molecule has 0 amide bonds. The average molecular weight is 1300 g/mol. The van der Waals surface area contributed by atoms with Gasteiger partial charge in [-0.2, -0.15) is 17.2 Å². The van der Waals surface area contributed by atoms with Crippen LogP contribution in [0.2, 0.25) is 0 Å². The maximum atomic E-state index is 4.78. The smallest absolute Gasteiger partial charge is 0.305 e. The van der Waals surface area contributed by atoms with Crippen molar-refractivity contribution in [1.82, 2.24) is 19.7 Å². The Morgan fingerprint density at radius 3 is 1.23 bits per heavy atom. The minimum atomic E-state index is 0. The van der Waals surface area contributed by atoms with Gasteiger partial charge in [0, 0.05) is 24.8 Å². The Balaban J connectivity index is 0.00000624. The van der Waals surface area contributed by atoms with E-state index in [0.717, 1.165) is 77.6 Å². The molecule has 1 aliphatic rings. The SMILES string of the molecule is CC(C)(C)c1ccnc(-c2[c-]cc(-c3ccccc3C3CC(c4ccccc4-c4c[c-]c(-c5cc(C(C)(C)C)ccn5)cc4Br)CC(c4ccccc4-c4c[c-]c(-n5cccn5)cc4Br)C3)c(Br)c2)c1.[Ir+3]. The topological polar surface area (TPSA) is 43.6 Å². The number of halogens is 3. The quantitative estimate of drug-likeness (QED) is 0.135. The molecular weight excluding hydrogens is 1240 g/mol. The summed E-state index contributed by atoms with van der Waals surface area (Å²) in [5.41, 5.74) is 18.3. The molecule has 0 radical (unpaired) electrons. The van der Waals surface area contributed by atoms with Crippen LogP contribution in [0.4, 0.5) is 0 Å². The van der Waals surface area contributed by atoms with E-state index >= 15 is 0 Å². The molecule has 8 heteroatoms. The number of nitrogens with zero attached hydrogens (tertiary/aromatic N) is 4. The van der Waals surface area contributed by atoms with Crippen LogP contribution in [-0.2, 0) is 30.9 Å². The Kier molecular flexibility index (Phi) is 15.2. The van der Waals surface area contributed by atoms with Crippen LogP contribution in [0.15, 0.2) is 178 Å². The predicted octanol–water partition coefficient (Wildman–Crippen LogP) is 18.1. The Bertz CT molecular complexity index is 3190. The summed E-state index contributed by atoms with van der Waals surface area (Å²) in [5.74, 6) is 0.734. The van der Waals surface area contributed by atoms with Crippen LogP contribution in [0.1, 0.15) is 106 Å². The number of hydrogen-bond donors (Lipinski definition) is 0. The molecule has 0 N–H and O–H groups in total. The summed E-state index contributed by atoms with van der Waals surface area (Å²) >= 11 is 12.1. The number of aromatic nitrogens is 4. The third-order valence-corrected chi connectivity index (χ3v) is 16.0. The number of benzene rings is 6. The third kappa shape index (κ3) is 10.8. The van der Waals surface area contributed by atoms with Crippen molar-refractivity contribution >= 4 is 47.8 Å². The largest absolute Gasteiger partial charge is 3.00 e. The zero-order valence-corrected chi connectivity index (χ0v) is 47.9. The van der Waals surface area contributed by atoms with Crippen LogP contribution in [0.25, 0.3) is 61.6 Å². The Labute approximate surface area is 458 Å². The molecule has 2 unspecified atom stereocenters. The van der Waals surface area contributed by atoms with E-state index in [4.69, 9.17) is 9.97 Å². The molecule has 0 saturated heterocycles. The van der Waals surface area contributed by atoms with E-state index in [9.17, 15) is 0 Å². The molecule has 4 nitrogen and oxygen atoms in total. The van der Waals surface area contributed by atoms with Gasteiger partial charge in [0.25, 0.3) is 0 Å². The van der Waals surface area contributed by atoms with Gasteiger partial charge in [0.1, 0.15) is 0 Å². The summed E-state index contributed by atoms with van der Waals surface area (Å²) in [4.78, 5) is 9.55. The molecular formula is C63H54Br3IrN4. The van der Waals surface area contributed by atoms with Gasteiger partial charge in [0.05, 0.1) is 0 Å². The van der Waals surface area contributed by atoms with Crippen molar-refractivity contribution in [2.75, 3.05) is 0 Å². The van der Waals surface area contributed by atoms with Gasteiger partial charge < -0.3 is 9.97 Å². The fourth-order valence-corrected chi connectivity index (χ4v) is 12.0. The molecule has 1 saturated carbocycles. The summed E-state index contributed by atoms with van der Waals surface area (Å²) in [6.07, 6.45) is 10.6. The molecule has 9 aromatic rings. The molecule has 71 heavy (non-hydrogen) atoms. The van der Waals surface area contributed by atoms with Crippen LogP contribution in [0, 0.1) is 18.2 Å². The van der Waals surface area contributed by atoms with Gasteiger partial charge in [-0.25, -0.2) is 0 Å². The first-order valence-electron chi connectivity index (χ1n) is 24.0. The van der Waals surface area contributed by atoms with Crippen LogP contribution in [0.5, 0.6) is 0 Å². The van der Waals surface area contributed by atoms with Gasteiger partial charge >= 0.3 is 20.1 Å². The van der Waals surface area contributed by atoms with E-state index in [1.54, 1.807) is 6.20 Å². The predicted molar refractivity (Wildman–Crippen MR) is 298 cm³/mol. The molecule has 6 aromatic carbocycles. The molecule has 1 fully saturated rings. The number of rotatable bonds is 9. The zero-order valence-electron chi connectivity index (χ0n) is 40.7. The molecule has 2 atom stereocenters. The number of hydrogen-bond acceptors (Lipinski definition) is 3. The van der Waals surface area contributed by atoms with Crippen LogP contribution < -0.4 is 0 Å². The van der Waals surface area contributed by atoms with E-state index in [1.165, 1.54) is 44.5 Å². The second kappa shape index (κ2) is 21.2. The van der Waals surface area contributed by atoms with Crippen molar-refractivity contribution < 1.29 is 20.1 Å². The molecule has 0 aliphatic heterocycles. The first kappa shape index (κ1) is 50.8. The summed E-state index contributed by atoms with van der Waals surface area (Å²) in [5, 5.41) is 4.47. The summed E-state index contributed by atoms with van der Waals surface area (Å²) < 4.78 is 4.92. The van der Waals surface area contributed by atoms with Gasteiger partial charge in [-0.05, 0) is 111 Å². The standard InChI is InChI=1S/C63H54Br3N4.Ir/c1-62(2,3)45-26-29-67-60(37-45)40-20-23-54(57(64)35-40)51-17-10-7-14-48(51)42-32-43(34-44(33-42)50-16-9-12-19-53(50)56-25-22-47(39-59(56)66)70-31-13-28-69-70)49-15-8-11-18-52(49)55-24-21-41(36-58(55)65)61-38-46(27-30-68-61)63(4,5)6;/h7-19,23-31,35-39,42-44H,32-34H2,1-6H3;/q-3;+3. The molecule has 10 rings (SSSR count). The second-order valence-electron chi connectivity index (χ2n) is 20.7. The van der Waals surface area contributed by atoms with Crippen molar-refractivity contribution in [3.63, 3.8) is 0 Å². The maximum Gasteiger partial charge on any atom is 3.00 e. The van der Waals surface area contributed by atoms with Gasteiger partial charge in [0.15, 0.2) is 0 Å². The Morgan fingerprint density at radius 2 is 0.859 bits per heavy atom. The fourth-order valence-electron chi connectivity index (χ4n) is 10.3. The normalized spacial score (nSPS) is 16.1. The molecule has 3 heterocycles. The first-order valence-corrected chi connectivity index (χ1v) is 26.4. The van der Waals surface area contributed by atoms with Crippen LogP contribution >= 0.6 is 47.8 Å². The Hall–Kier alpha value is -5.08. The molecule has 356 valence electrons.